The number of hydrogen-bond donors (Lipinski definition) is 2. The smallest absolute Gasteiger partial charge is 0.224 e. The van der Waals surface area contributed by atoms with Gasteiger partial charge in [0.05, 0.1) is 11.9 Å². The summed E-state index contributed by atoms with van der Waals surface area (Å²) in [6.07, 6.45) is 10.3. The third kappa shape index (κ3) is 3.08. The highest BCUT2D eigenvalue weighted by Gasteiger charge is 2.16. The highest BCUT2D eigenvalue weighted by Crippen LogP contribution is 2.26. The van der Waals surface area contributed by atoms with Gasteiger partial charge in [-0.1, -0.05) is 19.3 Å². The lowest BCUT2D eigenvalue weighted by molar-refractivity contribution is -0.117. The molecule has 0 radical (unpaired) electrons. The zero-order valence-corrected chi connectivity index (χ0v) is 8.83. The molecule has 4 heteroatoms. The Hall–Kier alpha value is -1.32. The molecular weight excluding hydrogens is 190 g/mol. The average molecular weight is 207 g/mol. The Morgan fingerprint density at radius 3 is 2.93 bits per heavy atom. The summed E-state index contributed by atoms with van der Waals surface area (Å²) in [6.45, 7) is 0. The highest BCUT2D eigenvalue weighted by molar-refractivity contribution is 5.90. The number of nitrogens with zero attached hydrogens (tertiary/aromatic N) is 1. The first-order valence-corrected chi connectivity index (χ1v) is 5.63. The van der Waals surface area contributed by atoms with E-state index in [0.717, 1.165) is 5.69 Å². The Balaban J connectivity index is 1.76. The summed E-state index contributed by atoms with van der Waals surface area (Å²) in [7, 11) is 0. The third-order valence-corrected chi connectivity index (χ3v) is 2.98. The molecule has 0 unspecified atom stereocenters. The summed E-state index contributed by atoms with van der Waals surface area (Å²) in [5.74, 6) is 0.703. The van der Waals surface area contributed by atoms with Gasteiger partial charge in [0, 0.05) is 12.6 Å². The predicted molar refractivity (Wildman–Crippen MR) is 58.4 cm³/mol. The minimum absolute atomic E-state index is 0.114. The van der Waals surface area contributed by atoms with Crippen LogP contribution < -0.4 is 5.32 Å². The molecule has 82 valence electrons. The minimum atomic E-state index is 0.114. The Labute approximate surface area is 89.5 Å². The normalized spacial score (nSPS) is 17.6. The fourth-order valence-electron chi connectivity index (χ4n) is 2.18. The van der Waals surface area contributed by atoms with Crippen molar-refractivity contribution in [2.45, 2.75) is 38.5 Å². The molecule has 1 heterocycles. The van der Waals surface area contributed by atoms with Crippen LogP contribution in [0.15, 0.2) is 12.4 Å². The first-order chi connectivity index (χ1) is 7.34. The van der Waals surface area contributed by atoms with E-state index in [1.165, 1.54) is 32.1 Å². The van der Waals surface area contributed by atoms with Gasteiger partial charge in [-0.3, -0.25) is 9.89 Å². The van der Waals surface area contributed by atoms with Crippen molar-refractivity contribution in [3.8, 4) is 0 Å². The first kappa shape index (κ1) is 10.2. The van der Waals surface area contributed by atoms with Gasteiger partial charge in [0.2, 0.25) is 5.91 Å². The van der Waals surface area contributed by atoms with Crippen LogP contribution in [-0.4, -0.2) is 16.1 Å². The number of amides is 1. The SMILES string of the molecule is O=C(CC1CCCCC1)Nc1cn[nH]c1. The summed E-state index contributed by atoms with van der Waals surface area (Å²) in [5, 5.41) is 9.29. The Morgan fingerprint density at radius 2 is 2.27 bits per heavy atom. The Morgan fingerprint density at radius 1 is 1.47 bits per heavy atom. The van der Waals surface area contributed by atoms with Crippen molar-refractivity contribution in [1.29, 1.82) is 0 Å². The number of anilines is 1. The molecule has 1 amide bonds. The number of H-pyrrole nitrogens is 1. The second-order valence-corrected chi connectivity index (χ2v) is 4.24. The van der Waals surface area contributed by atoms with Gasteiger partial charge >= 0.3 is 0 Å². The van der Waals surface area contributed by atoms with Crippen LogP contribution in [0.4, 0.5) is 5.69 Å². The van der Waals surface area contributed by atoms with Crippen LogP contribution in [0.25, 0.3) is 0 Å². The predicted octanol–water partition coefficient (Wildman–Crippen LogP) is 2.32. The molecule has 1 aliphatic rings. The van der Waals surface area contributed by atoms with E-state index in [9.17, 15) is 4.79 Å². The van der Waals surface area contributed by atoms with E-state index in [1.807, 2.05) is 0 Å². The molecule has 0 spiro atoms. The number of rotatable bonds is 3. The highest BCUT2D eigenvalue weighted by atomic mass is 16.1. The van der Waals surface area contributed by atoms with Crippen LogP contribution in [0.1, 0.15) is 38.5 Å². The molecule has 2 N–H and O–H groups in total. The van der Waals surface area contributed by atoms with Gasteiger partial charge in [0.15, 0.2) is 0 Å². The van der Waals surface area contributed by atoms with Crippen molar-refractivity contribution in [3.05, 3.63) is 12.4 Å². The molecule has 15 heavy (non-hydrogen) atoms. The second-order valence-electron chi connectivity index (χ2n) is 4.24. The molecule has 0 aliphatic heterocycles. The van der Waals surface area contributed by atoms with Crippen molar-refractivity contribution in [1.82, 2.24) is 10.2 Å². The lowest BCUT2D eigenvalue weighted by atomic mass is 9.87. The maximum atomic E-state index is 11.6. The van der Waals surface area contributed by atoms with E-state index in [2.05, 4.69) is 15.5 Å². The van der Waals surface area contributed by atoms with E-state index in [0.29, 0.717) is 12.3 Å². The van der Waals surface area contributed by atoms with Gasteiger partial charge in [-0.05, 0) is 18.8 Å². The number of carbonyl (C=O) groups is 1. The van der Waals surface area contributed by atoms with E-state index in [1.54, 1.807) is 12.4 Å². The Bertz CT molecular complexity index is 302. The molecule has 0 saturated heterocycles. The van der Waals surface area contributed by atoms with E-state index in [-0.39, 0.29) is 5.91 Å². The van der Waals surface area contributed by atoms with Gasteiger partial charge in [0.1, 0.15) is 0 Å². The van der Waals surface area contributed by atoms with E-state index in [4.69, 9.17) is 0 Å². The van der Waals surface area contributed by atoms with Crippen LogP contribution in [0.2, 0.25) is 0 Å². The van der Waals surface area contributed by atoms with Crippen molar-refractivity contribution in [3.63, 3.8) is 0 Å². The second kappa shape index (κ2) is 4.96. The Kier molecular flexibility index (Phi) is 3.37. The standard InChI is InChI=1S/C11H17N3O/c15-11(14-10-7-12-13-8-10)6-9-4-2-1-3-5-9/h7-9H,1-6H2,(H,12,13)(H,14,15). The molecule has 1 saturated carbocycles. The zero-order chi connectivity index (χ0) is 10.5. The summed E-state index contributed by atoms with van der Waals surface area (Å²) >= 11 is 0. The van der Waals surface area contributed by atoms with Crippen molar-refractivity contribution < 1.29 is 4.79 Å². The molecular formula is C11H17N3O. The molecule has 4 nitrogen and oxygen atoms in total. The van der Waals surface area contributed by atoms with E-state index < -0.39 is 0 Å². The fraction of sp³-hybridized carbons (Fsp3) is 0.636. The summed E-state index contributed by atoms with van der Waals surface area (Å²) in [5.41, 5.74) is 0.760. The molecule has 1 aromatic rings. The third-order valence-electron chi connectivity index (χ3n) is 2.98. The van der Waals surface area contributed by atoms with Gasteiger partial charge in [0.25, 0.3) is 0 Å². The number of aromatic amines is 1. The summed E-state index contributed by atoms with van der Waals surface area (Å²) in [6, 6.07) is 0. The van der Waals surface area contributed by atoms with Crippen molar-refractivity contribution >= 4 is 11.6 Å². The maximum Gasteiger partial charge on any atom is 0.224 e. The largest absolute Gasteiger partial charge is 0.323 e. The number of hydrogen-bond acceptors (Lipinski definition) is 2. The van der Waals surface area contributed by atoms with Crippen LogP contribution >= 0.6 is 0 Å². The molecule has 0 atom stereocenters. The molecule has 2 rings (SSSR count). The molecule has 1 aromatic heterocycles. The molecule has 0 aromatic carbocycles. The van der Waals surface area contributed by atoms with Crippen LogP contribution in [0.5, 0.6) is 0 Å². The zero-order valence-electron chi connectivity index (χ0n) is 8.83. The maximum absolute atomic E-state index is 11.6. The molecule has 0 bridgehead atoms. The first-order valence-electron chi connectivity index (χ1n) is 5.63. The minimum Gasteiger partial charge on any atom is -0.323 e. The number of aromatic nitrogens is 2. The van der Waals surface area contributed by atoms with Gasteiger partial charge in [-0.15, -0.1) is 0 Å². The topological polar surface area (TPSA) is 57.8 Å². The average Bonchev–Trinajstić information content (AvgIpc) is 2.71. The van der Waals surface area contributed by atoms with Crippen LogP contribution in [0.3, 0.4) is 0 Å². The lowest BCUT2D eigenvalue weighted by Gasteiger charge is -2.20. The molecule has 1 aliphatic carbocycles. The number of nitrogens with one attached hydrogen (secondary N) is 2. The number of carbonyl (C=O) groups excluding carboxylic acids is 1. The van der Waals surface area contributed by atoms with Crippen molar-refractivity contribution in [2.75, 3.05) is 5.32 Å². The lowest BCUT2D eigenvalue weighted by Crippen LogP contribution is -2.18. The summed E-state index contributed by atoms with van der Waals surface area (Å²) in [4.78, 5) is 11.6. The molecule has 1 fully saturated rings. The van der Waals surface area contributed by atoms with E-state index >= 15 is 0 Å². The van der Waals surface area contributed by atoms with Gasteiger partial charge < -0.3 is 5.32 Å². The quantitative estimate of drug-likeness (QED) is 0.799. The van der Waals surface area contributed by atoms with Crippen LogP contribution in [0, 0.1) is 5.92 Å². The van der Waals surface area contributed by atoms with Crippen molar-refractivity contribution in [2.24, 2.45) is 5.92 Å². The van der Waals surface area contributed by atoms with Gasteiger partial charge in [-0.25, -0.2) is 0 Å². The fourth-order valence-corrected chi connectivity index (χ4v) is 2.18. The van der Waals surface area contributed by atoms with Gasteiger partial charge in [-0.2, -0.15) is 5.10 Å². The monoisotopic (exact) mass is 207 g/mol. The summed E-state index contributed by atoms with van der Waals surface area (Å²) < 4.78 is 0. The van der Waals surface area contributed by atoms with Crippen LogP contribution in [-0.2, 0) is 4.79 Å².